The Labute approximate surface area is 87.8 Å². The summed E-state index contributed by atoms with van der Waals surface area (Å²) in [6, 6.07) is 0. The fraction of sp³-hybridized carbons (Fsp3) is 0.667. The Morgan fingerprint density at radius 2 is 2.40 bits per heavy atom. The van der Waals surface area contributed by atoms with Gasteiger partial charge in [-0.25, -0.2) is 0 Å². The highest BCUT2D eigenvalue weighted by Crippen LogP contribution is 2.10. The van der Waals surface area contributed by atoms with Gasteiger partial charge in [0.15, 0.2) is 5.82 Å². The van der Waals surface area contributed by atoms with Gasteiger partial charge in [-0.1, -0.05) is 0 Å². The molecule has 15 heavy (non-hydrogen) atoms. The van der Waals surface area contributed by atoms with Crippen LogP contribution in [-0.4, -0.2) is 45.3 Å². The molecule has 6 nitrogen and oxygen atoms in total. The zero-order valence-corrected chi connectivity index (χ0v) is 8.88. The van der Waals surface area contributed by atoms with E-state index in [1.807, 2.05) is 4.57 Å². The van der Waals surface area contributed by atoms with Gasteiger partial charge in [0.25, 0.3) is 5.91 Å². The number of ether oxygens (including phenoxy) is 1. The predicted molar refractivity (Wildman–Crippen MR) is 51.9 cm³/mol. The Morgan fingerprint density at radius 1 is 1.60 bits per heavy atom. The largest absolute Gasteiger partial charge is 0.372 e. The molecule has 1 aliphatic heterocycles. The van der Waals surface area contributed by atoms with Gasteiger partial charge in [-0.3, -0.25) is 4.79 Å². The average Bonchev–Trinajstić information content (AvgIpc) is 2.73. The molecule has 0 N–H and O–H groups in total. The minimum Gasteiger partial charge on any atom is -0.372 e. The van der Waals surface area contributed by atoms with E-state index in [0.29, 0.717) is 13.1 Å². The number of carbonyl (C=O) groups is 1. The molecular weight excluding hydrogens is 196 g/mol. The maximum absolute atomic E-state index is 11.8. The Morgan fingerprint density at radius 3 is 3.13 bits per heavy atom. The third-order valence-electron chi connectivity index (χ3n) is 2.65. The first-order valence-corrected chi connectivity index (χ1v) is 4.90. The Hall–Kier alpha value is -1.43. The topological polar surface area (TPSA) is 60.2 Å². The van der Waals surface area contributed by atoms with E-state index in [1.54, 1.807) is 18.2 Å². The average molecular weight is 210 g/mol. The van der Waals surface area contributed by atoms with Crippen molar-refractivity contribution in [1.82, 2.24) is 19.7 Å². The summed E-state index contributed by atoms with van der Waals surface area (Å²) in [5, 5.41) is 7.76. The number of hydrogen-bond donors (Lipinski definition) is 0. The van der Waals surface area contributed by atoms with Crippen LogP contribution in [0, 0.1) is 0 Å². The number of aromatic nitrogens is 3. The van der Waals surface area contributed by atoms with E-state index in [4.69, 9.17) is 4.74 Å². The van der Waals surface area contributed by atoms with E-state index in [-0.39, 0.29) is 12.0 Å². The molecule has 6 heteroatoms. The quantitative estimate of drug-likeness (QED) is 0.669. The number of methoxy groups -OCH3 is 1. The first kappa shape index (κ1) is 10.1. The molecule has 1 unspecified atom stereocenters. The molecule has 1 amide bonds. The molecule has 0 aliphatic carbocycles. The first-order valence-electron chi connectivity index (χ1n) is 4.90. The summed E-state index contributed by atoms with van der Waals surface area (Å²) in [7, 11) is 1.54. The summed E-state index contributed by atoms with van der Waals surface area (Å²) in [6.07, 6.45) is 1.30. The number of amides is 1. The molecule has 0 spiro atoms. The van der Waals surface area contributed by atoms with Crippen molar-refractivity contribution in [2.24, 2.45) is 0 Å². The summed E-state index contributed by atoms with van der Waals surface area (Å²) in [5.41, 5.74) is 0. The lowest BCUT2D eigenvalue weighted by molar-refractivity contribution is -0.142. The maximum atomic E-state index is 11.8. The molecule has 0 bridgehead atoms. The highest BCUT2D eigenvalue weighted by Gasteiger charge is 2.25. The van der Waals surface area contributed by atoms with Crippen LogP contribution in [0.3, 0.4) is 0 Å². The molecule has 1 aromatic rings. The third-order valence-corrected chi connectivity index (χ3v) is 2.65. The van der Waals surface area contributed by atoms with E-state index < -0.39 is 0 Å². The molecule has 0 saturated heterocycles. The molecule has 0 aromatic carbocycles. The van der Waals surface area contributed by atoms with Crippen molar-refractivity contribution >= 4 is 5.91 Å². The second-order valence-corrected chi connectivity index (χ2v) is 3.58. The number of rotatable bonds is 2. The fourth-order valence-corrected chi connectivity index (χ4v) is 1.61. The Kier molecular flexibility index (Phi) is 2.68. The summed E-state index contributed by atoms with van der Waals surface area (Å²) in [4.78, 5) is 13.6. The van der Waals surface area contributed by atoms with Crippen molar-refractivity contribution in [3.63, 3.8) is 0 Å². The maximum Gasteiger partial charge on any atom is 0.251 e. The van der Waals surface area contributed by atoms with Crippen LogP contribution in [0.4, 0.5) is 0 Å². The van der Waals surface area contributed by atoms with Crippen LogP contribution in [0.25, 0.3) is 0 Å². The number of fused-ring (bicyclic) bond motifs is 1. The second kappa shape index (κ2) is 3.98. The predicted octanol–water partition coefficient (Wildman–Crippen LogP) is -0.345. The summed E-state index contributed by atoms with van der Waals surface area (Å²) < 4.78 is 6.96. The summed E-state index contributed by atoms with van der Waals surface area (Å²) in [6.45, 7) is 3.72. The minimum absolute atomic E-state index is 0.00625. The van der Waals surface area contributed by atoms with Crippen molar-refractivity contribution in [3.8, 4) is 0 Å². The monoisotopic (exact) mass is 210 g/mol. The lowest BCUT2D eigenvalue weighted by Crippen LogP contribution is -2.43. The highest BCUT2D eigenvalue weighted by atomic mass is 16.5. The van der Waals surface area contributed by atoms with Gasteiger partial charge >= 0.3 is 0 Å². The van der Waals surface area contributed by atoms with E-state index in [0.717, 1.165) is 12.4 Å². The lowest BCUT2D eigenvalue weighted by atomic mass is 10.3. The van der Waals surface area contributed by atoms with Crippen LogP contribution in [0.5, 0.6) is 0 Å². The first-order chi connectivity index (χ1) is 7.22. The van der Waals surface area contributed by atoms with E-state index >= 15 is 0 Å². The Bertz CT molecular complexity index is 363. The van der Waals surface area contributed by atoms with Crippen LogP contribution < -0.4 is 0 Å². The molecule has 1 aliphatic rings. The van der Waals surface area contributed by atoms with Gasteiger partial charge in [0.05, 0.1) is 6.54 Å². The van der Waals surface area contributed by atoms with E-state index in [9.17, 15) is 4.79 Å². The molecule has 0 radical (unpaired) electrons. The van der Waals surface area contributed by atoms with Crippen LogP contribution in [0.1, 0.15) is 12.7 Å². The van der Waals surface area contributed by atoms with Gasteiger partial charge in [-0.2, -0.15) is 0 Å². The molecule has 1 atom stereocenters. The summed E-state index contributed by atoms with van der Waals surface area (Å²) >= 11 is 0. The molecule has 82 valence electrons. The van der Waals surface area contributed by atoms with E-state index in [2.05, 4.69) is 10.2 Å². The van der Waals surface area contributed by atoms with Gasteiger partial charge in [-0.05, 0) is 6.92 Å². The Balaban J connectivity index is 2.06. The van der Waals surface area contributed by atoms with Gasteiger partial charge in [0.1, 0.15) is 12.4 Å². The van der Waals surface area contributed by atoms with Crippen LogP contribution in [0.2, 0.25) is 0 Å². The van der Waals surface area contributed by atoms with Crippen LogP contribution >= 0.6 is 0 Å². The fourth-order valence-electron chi connectivity index (χ4n) is 1.61. The molecule has 0 saturated carbocycles. The van der Waals surface area contributed by atoms with Crippen molar-refractivity contribution in [2.75, 3.05) is 13.7 Å². The second-order valence-electron chi connectivity index (χ2n) is 3.58. The zero-order valence-electron chi connectivity index (χ0n) is 8.88. The van der Waals surface area contributed by atoms with Crippen molar-refractivity contribution < 1.29 is 9.53 Å². The van der Waals surface area contributed by atoms with Crippen molar-refractivity contribution in [3.05, 3.63) is 12.2 Å². The molecule has 1 aromatic heterocycles. The van der Waals surface area contributed by atoms with Crippen molar-refractivity contribution in [2.45, 2.75) is 26.1 Å². The smallest absolute Gasteiger partial charge is 0.251 e. The van der Waals surface area contributed by atoms with Gasteiger partial charge in [0.2, 0.25) is 0 Å². The van der Waals surface area contributed by atoms with E-state index in [1.165, 1.54) is 7.11 Å². The molecule has 0 fully saturated rings. The minimum atomic E-state index is -0.389. The third kappa shape index (κ3) is 1.85. The van der Waals surface area contributed by atoms with Gasteiger partial charge < -0.3 is 14.2 Å². The SMILES string of the molecule is COC(C)C(=O)N1CCn2cnnc2C1. The lowest BCUT2D eigenvalue weighted by Gasteiger charge is -2.28. The zero-order chi connectivity index (χ0) is 10.8. The van der Waals surface area contributed by atoms with Crippen molar-refractivity contribution in [1.29, 1.82) is 0 Å². The summed E-state index contributed by atoms with van der Waals surface area (Å²) in [5.74, 6) is 0.838. The van der Waals surface area contributed by atoms with Crippen LogP contribution in [0.15, 0.2) is 6.33 Å². The van der Waals surface area contributed by atoms with Crippen LogP contribution in [-0.2, 0) is 22.6 Å². The molecular formula is C9H14N4O2. The van der Waals surface area contributed by atoms with Gasteiger partial charge in [0, 0.05) is 20.2 Å². The normalized spacial score (nSPS) is 17.3. The number of carbonyl (C=O) groups excluding carboxylic acids is 1. The van der Waals surface area contributed by atoms with Gasteiger partial charge in [-0.15, -0.1) is 10.2 Å². The standard InChI is InChI=1S/C9H14N4O2/c1-7(15-2)9(14)12-3-4-13-6-10-11-8(13)5-12/h6-7H,3-5H2,1-2H3. The number of nitrogens with zero attached hydrogens (tertiary/aromatic N) is 4. The molecule has 2 rings (SSSR count). The highest BCUT2D eigenvalue weighted by molar-refractivity contribution is 5.80. The molecule has 2 heterocycles. The number of hydrogen-bond acceptors (Lipinski definition) is 4.